The van der Waals surface area contributed by atoms with Crippen LogP contribution in [0.15, 0.2) is 36.4 Å². The van der Waals surface area contributed by atoms with Gasteiger partial charge in [0.2, 0.25) is 25.8 Å². The number of anilines is 1. The summed E-state index contributed by atoms with van der Waals surface area (Å²) in [5, 5.41) is 0. The molecule has 0 unspecified atom stereocenters. The van der Waals surface area contributed by atoms with Gasteiger partial charge in [-0.25, -0.2) is 26.4 Å². The molecule has 1 aromatic heterocycles. The van der Waals surface area contributed by atoms with Gasteiger partial charge in [-0.15, -0.1) is 11.3 Å². The average Bonchev–Trinajstić information content (AvgIpc) is 3.13. The van der Waals surface area contributed by atoms with E-state index in [1.165, 1.54) is 35.6 Å². The second-order valence-corrected chi connectivity index (χ2v) is 11.5. The number of benzene rings is 1. The van der Waals surface area contributed by atoms with Gasteiger partial charge in [0.25, 0.3) is 0 Å². The highest BCUT2D eigenvalue weighted by Crippen LogP contribution is 2.18. The minimum atomic E-state index is -3.49. The minimum Gasteiger partial charge on any atom is -0.454 e. The molecular weight excluding hydrogens is 464 g/mol. The quantitative estimate of drug-likeness (QED) is 0.345. The first kappa shape index (κ1) is 25.0. The highest BCUT2D eigenvalue weighted by atomic mass is 32.2. The van der Waals surface area contributed by atoms with Crippen molar-refractivity contribution in [3.05, 3.63) is 51.7 Å². The Bertz CT molecular complexity index is 1140. The number of sulfonamides is 2. The summed E-state index contributed by atoms with van der Waals surface area (Å²) in [5.74, 6) is -1.18. The van der Waals surface area contributed by atoms with E-state index in [1.807, 2.05) is 0 Å². The Morgan fingerprint density at radius 1 is 1.10 bits per heavy atom. The number of esters is 1. The zero-order valence-electron chi connectivity index (χ0n) is 17.1. The van der Waals surface area contributed by atoms with Gasteiger partial charge in [0.05, 0.1) is 22.4 Å². The normalized spacial score (nSPS) is 11.8. The maximum absolute atomic E-state index is 12.3. The fourth-order valence-corrected chi connectivity index (χ4v) is 5.05. The molecule has 0 amide bonds. The number of hydrogen-bond acceptors (Lipinski definition) is 8. The molecular formula is C19H24N2O7S3. The molecule has 31 heavy (non-hydrogen) atoms. The second-order valence-electron chi connectivity index (χ2n) is 6.68. The second kappa shape index (κ2) is 10.8. The van der Waals surface area contributed by atoms with Crippen molar-refractivity contribution in [1.82, 2.24) is 4.72 Å². The zero-order valence-corrected chi connectivity index (χ0v) is 19.5. The molecule has 0 atom stereocenters. The fourth-order valence-electron chi connectivity index (χ4n) is 2.52. The number of thiophene rings is 1. The third kappa shape index (κ3) is 8.77. The maximum atomic E-state index is 12.3. The molecule has 0 saturated heterocycles. The summed E-state index contributed by atoms with van der Waals surface area (Å²) in [6.07, 6.45) is 1.96. The Kier molecular flexibility index (Phi) is 8.74. The van der Waals surface area contributed by atoms with Crippen LogP contribution in [-0.2, 0) is 31.2 Å². The van der Waals surface area contributed by atoms with Gasteiger partial charge in [0.15, 0.2) is 6.61 Å². The standard InChI is InChI=1S/C19H24N2O7S3/c1-3-11-31(26,27)21-15-6-4-5-14(12-15)19(23)28-13-17(22)18-8-7-16(29-18)9-10-20-30(2,24)25/h4-8,12,20-21H,3,9-11,13H2,1-2H3. The van der Waals surface area contributed by atoms with Crippen LogP contribution in [0.4, 0.5) is 5.69 Å². The van der Waals surface area contributed by atoms with Gasteiger partial charge in [0, 0.05) is 17.1 Å². The highest BCUT2D eigenvalue weighted by molar-refractivity contribution is 7.92. The Balaban J connectivity index is 1.91. The first-order valence-corrected chi connectivity index (χ1v) is 13.7. The average molecular weight is 489 g/mol. The number of hydrogen-bond donors (Lipinski definition) is 2. The molecule has 0 aliphatic carbocycles. The molecule has 12 heteroatoms. The predicted octanol–water partition coefficient (Wildman–Crippen LogP) is 2.03. The number of ketones is 1. The predicted molar refractivity (Wildman–Crippen MR) is 120 cm³/mol. The van der Waals surface area contributed by atoms with Gasteiger partial charge in [-0.2, -0.15) is 0 Å². The van der Waals surface area contributed by atoms with E-state index < -0.39 is 32.6 Å². The Hall–Kier alpha value is -2.28. The molecule has 0 aliphatic heterocycles. The molecule has 1 heterocycles. The van der Waals surface area contributed by atoms with Gasteiger partial charge in [0.1, 0.15) is 0 Å². The van der Waals surface area contributed by atoms with Crippen LogP contribution in [0, 0.1) is 0 Å². The van der Waals surface area contributed by atoms with Crippen molar-refractivity contribution in [3.8, 4) is 0 Å². The van der Waals surface area contributed by atoms with Crippen LogP contribution < -0.4 is 9.44 Å². The number of rotatable bonds is 12. The lowest BCUT2D eigenvalue weighted by Crippen LogP contribution is -2.24. The van der Waals surface area contributed by atoms with Gasteiger partial charge in [-0.3, -0.25) is 9.52 Å². The van der Waals surface area contributed by atoms with E-state index in [0.29, 0.717) is 17.7 Å². The highest BCUT2D eigenvalue weighted by Gasteiger charge is 2.15. The van der Waals surface area contributed by atoms with Crippen molar-refractivity contribution in [2.24, 2.45) is 0 Å². The SMILES string of the molecule is CCCS(=O)(=O)Nc1cccc(C(=O)OCC(=O)c2ccc(CCNS(C)(=O)=O)s2)c1. The molecule has 0 saturated carbocycles. The zero-order chi connectivity index (χ0) is 23.1. The van der Waals surface area contributed by atoms with E-state index in [2.05, 4.69) is 9.44 Å². The molecule has 1 aromatic carbocycles. The topological polar surface area (TPSA) is 136 Å². The summed E-state index contributed by atoms with van der Waals surface area (Å²) in [4.78, 5) is 25.7. The van der Waals surface area contributed by atoms with Gasteiger partial charge < -0.3 is 4.74 Å². The molecule has 9 nitrogen and oxygen atoms in total. The van der Waals surface area contributed by atoms with Crippen LogP contribution in [0.5, 0.6) is 0 Å². The minimum absolute atomic E-state index is 0.0384. The van der Waals surface area contributed by atoms with Gasteiger partial charge in [-0.1, -0.05) is 13.0 Å². The molecule has 2 aromatic rings. The summed E-state index contributed by atoms with van der Waals surface area (Å²) in [6, 6.07) is 9.15. The van der Waals surface area contributed by atoms with Crippen molar-refractivity contribution < 1.29 is 31.2 Å². The monoisotopic (exact) mass is 488 g/mol. The fraction of sp³-hybridized carbons (Fsp3) is 0.368. The van der Waals surface area contributed by atoms with E-state index in [-0.39, 0.29) is 29.3 Å². The number of Topliss-reactive ketones (excluding diaryl/α,β-unsaturated/α-hetero) is 1. The van der Waals surface area contributed by atoms with Gasteiger partial charge >= 0.3 is 5.97 Å². The Morgan fingerprint density at radius 2 is 1.84 bits per heavy atom. The third-order valence-electron chi connectivity index (χ3n) is 3.85. The molecule has 0 bridgehead atoms. The number of nitrogens with one attached hydrogen (secondary N) is 2. The van der Waals surface area contributed by atoms with E-state index >= 15 is 0 Å². The molecule has 0 spiro atoms. The Labute approximate surface area is 185 Å². The number of carbonyl (C=O) groups excluding carboxylic acids is 2. The molecule has 2 rings (SSSR count). The number of carbonyl (C=O) groups is 2. The lowest BCUT2D eigenvalue weighted by atomic mass is 10.2. The summed E-state index contributed by atoms with van der Waals surface area (Å²) in [5.41, 5.74) is 0.350. The van der Waals surface area contributed by atoms with Crippen LogP contribution >= 0.6 is 11.3 Å². The summed E-state index contributed by atoms with van der Waals surface area (Å²) < 4.78 is 55.7. The van der Waals surface area contributed by atoms with Crippen molar-refractivity contribution in [2.75, 3.05) is 29.9 Å². The number of ether oxygens (including phenoxy) is 1. The van der Waals surface area contributed by atoms with Crippen LogP contribution in [0.2, 0.25) is 0 Å². The Morgan fingerprint density at radius 3 is 2.52 bits per heavy atom. The molecule has 0 aliphatic rings. The van der Waals surface area contributed by atoms with E-state index in [0.717, 1.165) is 11.1 Å². The van der Waals surface area contributed by atoms with Crippen molar-refractivity contribution in [2.45, 2.75) is 19.8 Å². The van der Waals surface area contributed by atoms with Crippen molar-refractivity contribution in [1.29, 1.82) is 0 Å². The maximum Gasteiger partial charge on any atom is 0.338 e. The van der Waals surface area contributed by atoms with Crippen LogP contribution in [0.25, 0.3) is 0 Å². The molecule has 2 N–H and O–H groups in total. The van der Waals surface area contributed by atoms with Crippen molar-refractivity contribution >= 4 is 48.8 Å². The van der Waals surface area contributed by atoms with Gasteiger partial charge in [-0.05, 0) is 43.2 Å². The third-order valence-corrected chi connectivity index (χ3v) is 7.26. The van der Waals surface area contributed by atoms with Crippen LogP contribution in [0.1, 0.15) is 38.3 Å². The summed E-state index contributed by atoms with van der Waals surface area (Å²) in [7, 11) is -6.77. The van der Waals surface area contributed by atoms with E-state index in [4.69, 9.17) is 4.74 Å². The van der Waals surface area contributed by atoms with Crippen molar-refractivity contribution in [3.63, 3.8) is 0 Å². The lowest BCUT2D eigenvalue weighted by Gasteiger charge is -2.08. The van der Waals surface area contributed by atoms with Crippen LogP contribution in [0.3, 0.4) is 0 Å². The smallest absolute Gasteiger partial charge is 0.338 e. The van der Waals surface area contributed by atoms with E-state index in [9.17, 15) is 26.4 Å². The molecule has 170 valence electrons. The first-order valence-electron chi connectivity index (χ1n) is 9.33. The summed E-state index contributed by atoms with van der Waals surface area (Å²) >= 11 is 1.20. The van der Waals surface area contributed by atoms with E-state index in [1.54, 1.807) is 19.1 Å². The molecule has 0 fully saturated rings. The lowest BCUT2D eigenvalue weighted by molar-refractivity contribution is 0.0476. The van der Waals surface area contributed by atoms with Crippen LogP contribution in [-0.4, -0.2) is 53.7 Å². The molecule has 0 radical (unpaired) electrons. The summed E-state index contributed by atoms with van der Waals surface area (Å²) in [6.45, 7) is 1.50. The largest absolute Gasteiger partial charge is 0.454 e. The first-order chi connectivity index (χ1) is 14.5.